The van der Waals surface area contributed by atoms with Crippen LogP contribution in [0, 0.1) is 0 Å². The molecule has 0 radical (unpaired) electrons. The average Bonchev–Trinajstić information content (AvgIpc) is 3.49. The number of alkyl halides is 3. The van der Waals surface area contributed by atoms with E-state index in [0.29, 0.717) is 15.5 Å². The maximum absolute atomic E-state index is 11.6. The number of thiazole rings is 1. The second-order valence-corrected chi connectivity index (χ2v) is 17.1. The summed E-state index contributed by atoms with van der Waals surface area (Å²) in [5.74, 6) is -3.24. The highest BCUT2D eigenvalue weighted by Gasteiger charge is 2.38. The molecular weight excluding hydrogens is 772 g/mol. The minimum atomic E-state index is -5.08. The lowest BCUT2D eigenvalue weighted by Gasteiger charge is -2.41. The lowest BCUT2D eigenvalue weighted by Crippen LogP contribution is -2.47. The molecule has 1 aromatic heterocycles. The van der Waals surface area contributed by atoms with E-state index in [9.17, 15) is 33.0 Å². The van der Waals surface area contributed by atoms with Crippen molar-refractivity contribution in [3.63, 3.8) is 0 Å². The standard InChI is InChI=1S/C41H50N5O4S.C2HF3O2/c1-45(2,29-39(47)48)24-12-21-42(22-13-25-46(3,4)30-40(49)50)37-26-33(27-38-43-23-11-17-32-16-10-20-36(51-38)41(32)43)34-18-8-9-19-35(34)44(37)28-31-14-6-5-7-15-31;3-2(4,5)1(6)7/h5-10,14-16,18-20,26-27H,11-13,17,21-25,28-30H2,1-4H3;(H,6,7)/q+1;/p+2. The molecule has 3 heterocycles. The molecule has 0 bridgehead atoms. The summed E-state index contributed by atoms with van der Waals surface area (Å²) in [6.07, 6.45) is 3.50. The molecule has 2 aliphatic rings. The maximum atomic E-state index is 11.6. The monoisotopic (exact) mass is 824 g/mol. The quantitative estimate of drug-likeness (QED) is 0.0857. The lowest BCUT2D eigenvalue weighted by molar-refractivity contribution is -0.883. The van der Waals surface area contributed by atoms with E-state index in [-0.39, 0.29) is 13.1 Å². The van der Waals surface area contributed by atoms with Crippen LogP contribution < -0.4 is 9.47 Å². The van der Waals surface area contributed by atoms with Gasteiger partial charge >= 0.3 is 24.1 Å². The van der Waals surface area contributed by atoms with Gasteiger partial charge in [0.25, 0.3) is 5.01 Å². The first-order valence-electron chi connectivity index (χ1n) is 19.2. The molecule has 0 saturated carbocycles. The van der Waals surface area contributed by atoms with Gasteiger partial charge in [0, 0.05) is 56.1 Å². The van der Waals surface area contributed by atoms with Gasteiger partial charge in [-0.05, 0) is 35.8 Å². The van der Waals surface area contributed by atoms with Crippen LogP contribution in [-0.2, 0) is 33.9 Å². The number of quaternary nitrogens is 2. The smallest absolute Gasteiger partial charge is 0.477 e. The summed E-state index contributed by atoms with van der Waals surface area (Å²) in [4.78, 5) is 37.0. The molecular formula is C43H53F3N5O6S+3. The molecule has 310 valence electrons. The second kappa shape index (κ2) is 18.6. The first kappa shape index (κ1) is 43.9. The van der Waals surface area contributed by atoms with Crippen LogP contribution in [-0.4, -0.2) is 121 Å². The second-order valence-electron chi connectivity index (χ2n) is 16.1. The van der Waals surface area contributed by atoms with Crippen molar-refractivity contribution in [2.75, 3.05) is 72.4 Å². The Labute approximate surface area is 340 Å². The van der Waals surface area contributed by atoms with E-state index in [1.807, 2.05) is 45.6 Å². The average molecular weight is 825 g/mol. The number of anilines is 1. The number of benzene rings is 3. The third kappa shape index (κ3) is 11.7. The number of carboxylic acids is 3. The van der Waals surface area contributed by atoms with Gasteiger partial charge in [-0.25, -0.2) is 14.4 Å². The molecule has 0 atom stereocenters. The highest BCUT2D eigenvalue weighted by atomic mass is 32.1. The van der Waals surface area contributed by atoms with Crippen LogP contribution in [0.15, 0.2) is 84.7 Å². The molecule has 3 aromatic carbocycles. The van der Waals surface area contributed by atoms with Crippen molar-refractivity contribution in [3.8, 4) is 0 Å². The number of rotatable bonds is 16. The molecule has 4 aromatic rings. The van der Waals surface area contributed by atoms with Gasteiger partial charge in [0.05, 0.1) is 47.0 Å². The molecule has 2 aliphatic heterocycles. The van der Waals surface area contributed by atoms with E-state index < -0.39 is 24.1 Å². The molecule has 11 nitrogen and oxygen atoms in total. The summed E-state index contributed by atoms with van der Waals surface area (Å²) < 4.78 is 36.4. The van der Waals surface area contributed by atoms with E-state index in [0.717, 1.165) is 69.9 Å². The summed E-state index contributed by atoms with van der Waals surface area (Å²) in [5, 5.41) is 27.5. The fourth-order valence-corrected chi connectivity index (χ4v) is 8.81. The molecule has 0 spiro atoms. The molecule has 6 rings (SSSR count). The molecule has 58 heavy (non-hydrogen) atoms. The zero-order chi connectivity index (χ0) is 42.3. The Hall–Kier alpha value is -5.25. The normalized spacial score (nSPS) is 14.7. The summed E-state index contributed by atoms with van der Waals surface area (Å²) in [7, 11) is 7.90. The van der Waals surface area contributed by atoms with Gasteiger partial charge in [-0.3, -0.25) is 0 Å². The highest BCUT2D eigenvalue weighted by molar-refractivity contribution is 7.19. The van der Waals surface area contributed by atoms with Crippen molar-refractivity contribution in [1.82, 2.24) is 4.90 Å². The number of fused-ring (bicyclic) bond motifs is 1. The van der Waals surface area contributed by atoms with Crippen molar-refractivity contribution in [2.24, 2.45) is 0 Å². The predicted molar refractivity (Wildman–Crippen MR) is 219 cm³/mol. The Morgan fingerprint density at radius 1 is 0.845 bits per heavy atom. The van der Waals surface area contributed by atoms with Crippen molar-refractivity contribution in [2.45, 2.75) is 44.9 Å². The van der Waals surface area contributed by atoms with E-state index >= 15 is 0 Å². The summed E-state index contributed by atoms with van der Waals surface area (Å²) in [6, 6.07) is 25.9. The number of hydrogen-bond donors (Lipinski definition) is 3. The summed E-state index contributed by atoms with van der Waals surface area (Å²) in [6.45, 7) is 4.77. The van der Waals surface area contributed by atoms with Gasteiger partial charge in [0.15, 0.2) is 19.6 Å². The number of halogens is 3. The number of carboxylic acid groups (broad SMARTS) is 3. The molecule has 0 saturated heterocycles. The number of aliphatic carboxylic acids is 3. The van der Waals surface area contributed by atoms with Gasteiger partial charge in [0.1, 0.15) is 10.5 Å². The SMILES string of the molecule is C[N+](C)(CCCN(CCC[N+](C)(C)CC(=O)O)C1=C/C(=C\c2sc3cccc4c3[n+]2CCC4)c2ccccc2N1Cc1ccccc1)CC(=O)O.O=C(O)C(F)(F)F. The van der Waals surface area contributed by atoms with Crippen molar-refractivity contribution < 1.29 is 56.4 Å². The van der Waals surface area contributed by atoms with Crippen LogP contribution in [0.2, 0.25) is 0 Å². The zero-order valence-corrected chi connectivity index (χ0v) is 34.2. The topological polar surface area (TPSA) is 122 Å². The Morgan fingerprint density at radius 3 is 2.02 bits per heavy atom. The van der Waals surface area contributed by atoms with E-state index in [1.165, 1.54) is 37.5 Å². The number of nitrogens with zero attached hydrogens (tertiary/aromatic N) is 5. The van der Waals surface area contributed by atoms with Crippen LogP contribution in [0.3, 0.4) is 0 Å². The highest BCUT2D eigenvalue weighted by Crippen LogP contribution is 2.40. The number of hydrogen-bond acceptors (Lipinski definition) is 6. The molecule has 0 fully saturated rings. The molecule has 0 amide bonds. The minimum Gasteiger partial charge on any atom is -0.477 e. The minimum absolute atomic E-state index is 0.0703. The van der Waals surface area contributed by atoms with Gasteiger partial charge in [0.2, 0.25) is 5.52 Å². The van der Waals surface area contributed by atoms with Crippen LogP contribution in [0.25, 0.3) is 21.9 Å². The Bertz CT molecular complexity index is 2130. The van der Waals surface area contributed by atoms with E-state index in [4.69, 9.17) is 9.90 Å². The molecule has 0 unspecified atom stereocenters. The van der Waals surface area contributed by atoms with Gasteiger partial charge in [-0.15, -0.1) is 0 Å². The third-order valence-electron chi connectivity index (χ3n) is 10.3. The Balaban J connectivity index is 0.000000839. The predicted octanol–water partition coefficient (Wildman–Crippen LogP) is 6.57. The number of likely N-dealkylation sites (N-methyl/N-ethyl adjacent to an activating group) is 2. The van der Waals surface area contributed by atoms with Crippen LogP contribution in [0.5, 0.6) is 0 Å². The number of para-hydroxylation sites is 2. The first-order valence-corrected chi connectivity index (χ1v) is 20.1. The molecule has 3 N–H and O–H groups in total. The van der Waals surface area contributed by atoms with Gasteiger partial charge in [-0.1, -0.05) is 72.0 Å². The Morgan fingerprint density at radius 2 is 1.43 bits per heavy atom. The van der Waals surface area contributed by atoms with Crippen LogP contribution >= 0.6 is 11.3 Å². The largest absolute Gasteiger partial charge is 0.490 e. The Kier molecular flexibility index (Phi) is 14.0. The number of carbonyl (C=O) groups is 3. The van der Waals surface area contributed by atoms with Crippen molar-refractivity contribution >= 4 is 56.8 Å². The molecule has 0 aliphatic carbocycles. The number of aromatic nitrogens is 1. The summed E-state index contributed by atoms with van der Waals surface area (Å²) in [5.41, 5.74) is 7.51. The lowest BCUT2D eigenvalue weighted by atomic mass is 9.97. The number of aryl methyl sites for hydroxylation is 2. The van der Waals surface area contributed by atoms with Gasteiger partial charge < -0.3 is 34.1 Å². The van der Waals surface area contributed by atoms with E-state index in [1.54, 1.807) is 0 Å². The zero-order valence-electron chi connectivity index (χ0n) is 33.4. The number of allylic oxidation sites excluding steroid dienone is 2. The first-order chi connectivity index (χ1) is 27.3. The fourth-order valence-electron chi connectivity index (χ4n) is 7.62. The van der Waals surface area contributed by atoms with Crippen molar-refractivity contribution in [1.29, 1.82) is 0 Å². The van der Waals surface area contributed by atoms with Crippen LogP contribution in [0.4, 0.5) is 18.9 Å². The van der Waals surface area contributed by atoms with Gasteiger partial charge in [-0.2, -0.15) is 17.7 Å². The van der Waals surface area contributed by atoms with Crippen LogP contribution in [0.1, 0.15) is 41.0 Å². The van der Waals surface area contributed by atoms with E-state index in [2.05, 4.69) is 93.2 Å². The molecule has 15 heteroatoms. The summed E-state index contributed by atoms with van der Waals surface area (Å²) >= 11 is 1.86. The maximum Gasteiger partial charge on any atom is 0.490 e. The third-order valence-corrected chi connectivity index (χ3v) is 11.4. The fraction of sp³-hybridized carbons (Fsp3) is 0.395. The van der Waals surface area contributed by atoms with Crippen molar-refractivity contribution in [3.05, 3.63) is 106 Å².